The molecule has 0 atom stereocenters. The molecule has 1 aromatic rings. The molecule has 0 radical (unpaired) electrons. The van der Waals surface area contributed by atoms with Crippen molar-refractivity contribution in [1.29, 1.82) is 0 Å². The Bertz CT molecular complexity index is 700. The van der Waals surface area contributed by atoms with Crippen LogP contribution < -0.4 is 5.32 Å². The topological polar surface area (TPSA) is 58.6 Å². The van der Waals surface area contributed by atoms with Crippen LogP contribution in [0.25, 0.3) is 0 Å². The summed E-state index contributed by atoms with van der Waals surface area (Å²) in [5, 5.41) is 3.24. The summed E-state index contributed by atoms with van der Waals surface area (Å²) in [6.07, 6.45) is -0.505. The van der Waals surface area contributed by atoms with Gasteiger partial charge in [0, 0.05) is 19.7 Å². The average Bonchev–Trinajstić information content (AvgIpc) is 2.67. The van der Waals surface area contributed by atoms with Crippen molar-refractivity contribution in [3.8, 4) is 0 Å². The highest BCUT2D eigenvalue weighted by Crippen LogP contribution is 2.31. The molecule has 1 fully saturated rings. The summed E-state index contributed by atoms with van der Waals surface area (Å²) in [7, 11) is -2.33. The first kappa shape index (κ1) is 23.1. The molecular weight excluding hydrogens is 393 g/mol. The van der Waals surface area contributed by atoms with Crippen LogP contribution in [-0.4, -0.2) is 51.6 Å². The zero-order valence-corrected chi connectivity index (χ0v) is 17.2. The largest absolute Gasteiger partial charge is 0.416 e. The van der Waals surface area contributed by atoms with E-state index in [0.717, 1.165) is 56.6 Å². The standard InChI is InChI=1S/C19H29F3N2O3S/c1-3-23-13-4-14-27-17-9-7-16(8-10-17)24(2)28(25,26)18-11-5-15(6-12-18)19(20,21)22/h5-6,11-12,16-17,23H,3-4,7-10,13-14H2,1-2H3. The number of ether oxygens (including phenoxy) is 1. The van der Waals surface area contributed by atoms with E-state index < -0.39 is 21.8 Å². The van der Waals surface area contributed by atoms with Gasteiger partial charge in [0.05, 0.1) is 16.6 Å². The van der Waals surface area contributed by atoms with Gasteiger partial charge in [0.15, 0.2) is 0 Å². The van der Waals surface area contributed by atoms with Gasteiger partial charge < -0.3 is 10.1 Å². The molecule has 0 aromatic heterocycles. The van der Waals surface area contributed by atoms with Crippen LogP contribution in [0.15, 0.2) is 29.2 Å². The second-order valence-corrected chi connectivity index (χ2v) is 9.05. The van der Waals surface area contributed by atoms with Gasteiger partial charge in [0.2, 0.25) is 10.0 Å². The van der Waals surface area contributed by atoms with Crippen molar-refractivity contribution in [2.45, 2.75) is 62.2 Å². The van der Waals surface area contributed by atoms with E-state index in [1.54, 1.807) is 0 Å². The van der Waals surface area contributed by atoms with Crippen LogP contribution in [0.5, 0.6) is 0 Å². The van der Waals surface area contributed by atoms with E-state index in [0.29, 0.717) is 19.4 Å². The number of alkyl halides is 3. The van der Waals surface area contributed by atoms with E-state index in [-0.39, 0.29) is 17.0 Å². The second kappa shape index (κ2) is 10.0. The van der Waals surface area contributed by atoms with Crippen LogP contribution >= 0.6 is 0 Å². The lowest BCUT2D eigenvalue weighted by Crippen LogP contribution is -2.40. The smallest absolute Gasteiger partial charge is 0.378 e. The van der Waals surface area contributed by atoms with Gasteiger partial charge in [-0.15, -0.1) is 0 Å². The Morgan fingerprint density at radius 2 is 1.75 bits per heavy atom. The number of nitrogens with zero attached hydrogens (tertiary/aromatic N) is 1. The summed E-state index contributed by atoms with van der Waals surface area (Å²) in [5.41, 5.74) is -0.860. The number of halogens is 3. The van der Waals surface area contributed by atoms with E-state index in [1.807, 2.05) is 0 Å². The van der Waals surface area contributed by atoms with E-state index in [2.05, 4.69) is 12.2 Å². The van der Waals surface area contributed by atoms with Crippen molar-refractivity contribution >= 4 is 10.0 Å². The minimum Gasteiger partial charge on any atom is -0.378 e. The molecule has 1 saturated carbocycles. The Morgan fingerprint density at radius 1 is 1.14 bits per heavy atom. The molecule has 1 aromatic carbocycles. The van der Waals surface area contributed by atoms with Crippen LogP contribution in [0, 0.1) is 0 Å². The van der Waals surface area contributed by atoms with Gasteiger partial charge in [-0.2, -0.15) is 17.5 Å². The summed E-state index contributed by atoms with van der Waals surface area (Å²) in [6, 6.07) is 3.48. The van der Waals surface area contributed by atoms with Gasteiger partial charge in [-0.3, -0.25) is 0 Å². The Morgan fingerprint density at radius 3 is 2.29 bits per heavy atom. The minimum absolute atomic E-state index is 0.121. The van der Waals surface area contributed by atoms with Gasteiger partial charge in [0.1, 0.15) is 0 Å². The fourth-order valence-electron chi connectivity index (χ4n) is 3.38. The SMILES string of the molecule is CCNCCCOC1CCC(N(C)S(=O)(=O)c2ccc(C(F)(F)F)cc2)CC1. The fraction of sp³-hybridized carbons (Fsp3) is 0.684. The number of benzene rings is 1. The van der Waals surface area contributed by atoms with Crippen molar-refractivity contribution < 1.29 is 26.3 Å². The average molecular weight is 423 g/mol. The maximum atomic E-state index is 12.8. The minimum atomic E-state index is -4.49. The molecule has 0 aliphatic heterocycles. The van der Waals surface area contributed by atoms with Gasteiger partial charge in [0.25, 0.3) is 0 Å². The molecule has 1 aliphatic carbocycles. The number of rotatable bonds is 9. The molecule has 5 nitrogen and oxygen atoms in total. The molecule has 160 valence electrons. The molecule has 0 heterocycles. The molecule has 0 bridgehead atoms. The predicted octanol–water partition coefficient (Wildman–Crippen LogP) is 3.65. The number of hydrogen-bond acceptors (Lipinski definition) is 4. The van der Waals surface area contributed by atoms with Crippen LogP contribution in [-0.2, 0) is 20.9 Å². The third-order valence-corrected chi connectivity index (χ3v) is 7.04. The molecule has 1 N–H and O–H groups in total. The Kier molecular flexibility index (Phi) is 8.30. The lowest BCUT2D eigenvalue weighted by molar-refractivity contribution is -0.137. The van der Waals surface area contributed by atoms with Crippen molar-refractivity contribution in [3.63, 3.8) is 0 Å². The zero-order valence-electron chi connectivity index (χ0n) is 16.3. The van der Waals surface area contributed by atoms with Crippen molar-refractivity contribution in [3.05, 3.63) is 29.8 Å². The summed E-state index contributed by atoms with van der Waals surface area (Å²) in [4.78, 5) is -0.121. The van der Waals surface area contributed by atoms with Crippen LogP contribution in [0.3, 0.4) is 0 Å². The highest BCUT2D eigenvalue weighted by molar-refractivity contribution is 7.89. The molecule has 0 amide bonds. The summed E-state index contributed by atoms with van der Waals surface area (Å²) in [6.45, 7) is 4.59. The molecule has 2 rings (SSSR count). The van der Waals surface area contributed by atoms with E-state index in [1.165, 1.54) is 11.4 Å². The maximum absolute atomic E-state index is 12.8. The van der Waals surface area contributed by atoms with Crippen LogP contribution in [0.1, 0.15) is 44.6 Å². The van der Waals surface area contributed by atoms with Crippen LogP contribution in [0.4, 0.5) is 13.2 Å². The zero-order chi connectivity index (χ0) is 20.8. The molecule has 0 spiro atoms. The first-order chi connectivity index (χ1) is 13.2. The first-order valence-corrected chi connectivity index (χ1v) is 11.1. The first-order valence-electron chi connectivity index (χ1n) is 9.64. The molecule has 0 unspecified atom stereocenters. The molecular formula is C19H29F3N2O3S. The highest BCUT2D eigenvalue weighted by Gasteiger charge is 2.33. The molecule has 0 saturated heterocycles. The van der Waals surface area contributed by atoms with Gasteiger partial charge in [-0.05, 0) is 69.5 Å². The van der Waals surface area contributed by atoms with Gasteiger partial charge in [-0.25, -0.2) is 8.42 Å². The normalized spacial score (nSPS) is 21.2. The third kappa shape index (κ3) is 6.17. The third-order valence-electron chi connectivity index (χ3n) is 5.12. The van der Waals surface area contributed by atoms with Crippen molar-refractivity contribution in [1.82, 2.24) is 9.62 Å². The van der Waals surface area contributed by atoms with E-state index in [4.69, 9.17) is 4.74 Å². The molecule has 28 heavy (non-hydrogen) atoms. The lowest BCUT2D eigenvalue weighted by Gasteiger charge is -2.34. The van der Waals surface area contributed by atoms with Gasteiger partial charge in [-0.1, -0.05) is 6.92 Å². The van der Waals surface area contributed by atoms with E-state index >= 15 is 0 Å². The Hall–Kier alpha value is -1.16. The van der Waals surface area contributed by atoms with Crippen molar-refractivity contribution in [2.24, 2.45) is 0 Å². The fourth-order valence-corrected chi connectivity index (χ4v) is 4.79. The number of nitrogens with one attached hydrogen (secondary N) is 1. The molecule has 1 aliphatic rings. The molecule has 9 heteroatoms. The highest BCUT2D eigenvalue weighted by atomic mass is 32.2. The number of hydrogen-bond donors (Lipinski definition) is 1. The predicted molar refractivity (Wildman–Crippen MR) is 102 cm³/mol. The lowest BCUT2D eigenvalue weighted by atomic mass is 9.93. The number of sulfonamides is 1. The maximum Gasteiger partial charge on any atom is 0.416 e. The van der Waals surface area contributed by atoms with Gasteiger partial charge >= 0.3 is 6.18 Å². The van der Waals surface area contributed by atoms with Crippen molar-refractivity contribution in [2.75, 3.05) is 26.7 Å². The summed E-state index contributed by atoms with van der Waals surface area (Å²) >= 11 is 0. The Labute approximate surface area is 165 Å². The Balaban J connectivity index is 1.89. The summed E-state index contributed by atoms with van der Waals surface area (Å²) < 4.78 is 70.7. The van der Waals surface area contributed by atoms with E-state index in [9.17, 15) is 21.6 Å². The van der Waals surface area contributed by atoms with Crippen LogP contribution in [0.2, 0.25) is 0 Å². The quantitative estimate of drug-likeness (QED) is 0.617. The monoisotopic (exact) mass is 422 g/mol. The second-order valence-electron chi connectivity index (χ2n) is 7.05. The summed E-state index contributed by atoms with van der Waals surface area (Å²) in [5.74, 6) is 0.